The lowest BCUT2D eigenvalue weighted by molar-refractivity contribution is 0.0563. The zero-order chi connectivity index (χ0) is 21.9. The van der Waals surface area contributed by atoms with Crippen LogP contribution >= 0.6 is 0 Å². The first kappa shape index (κ1) is 20.8. The molecule has 166 valence electrons. The molecule has 1 aromatic heterocycles. The second-order valence-corrected chi connectivity index (χ2v) is 8.91. The molecule has 32 heavy (non-hydrogen) atoms. The highest BCUT2D eigenvalue weighted by Gasteiger charge is 2.30. The molecule has 0 radical (unpaired) electrons. The molecule has 2 aliphatic rings. The van der Waals surface area contributed by atoms with Crippen LogP contribution < -0.4 is 4.90 Å². The van der Waals surface area contributed by atoms with Gasteiger partial charge in [0, 0.05) is 62.1 Å². The lowest BCUT2D eigenvalue weighted by atomic mass is 10.0. The maximum Gasteiger partial charge on any atom is 0.253 e. The van der Waals surface area contributed by atoms with Crippen LogP contribution in [0.5, 0.6) is 0 Å². The van der Waals surface area contributed by atoms with E-state index in [2.05, 4.69) is 41.0 Å². The predicted octanol–water partition coefficient (Wildman–Crippen LogP) is 4.68. The van der Waals surface area contributed by atoms with Crippen LogP contribution in [0.4, 0.5) is 5.69 Å². The second kappa shape index (κ2) is 9.21. The summed E-state index contributed by atoms with van der Waals surface area (Å²) in [6, 6.07) is 20.7. The highest BCUT2D eigenvalue weighted by atomic mass is 16.3. The number of likely N-dealkylation sites (tertiary alicyclic amines) is 1. The molecule has 1 atom stereocenters. The summed E-state index contributed by atoms with van der Waals surface area (Å²) >= 11 is 0. The van der Waals surface area contributed by atoms with E-state index in [0.717, 1.165) is 62.6 Å². The Kier molecular flexibility index (Phi) is 5.99. The third kappa shape index (κ3) is 4.30. The highest BCUT2D eigenvalue weighted by molar-refractivity contribution is 5.94. The maximum atomic E-state index is 13.2. The number of benzene rings is 2. The molecule has 0 N–H and O–H groups in total. The van der Waals surface area contributed by atoms with E-state index in [9.17, 15) is 4.79 Å². The van der Waals surface area contributed by atoms with Crippen LogP contribution in [0, 0.1) is 6.92 Å². The van der Waals surface area contributed by atoms with Crippen LogP contribution in [0.25, 0.3) is 11.3 Å². The number of nitrogens with zero attached hydrogens (tertiary/aromatic N) is 3. The van der Waals surface area contributed by atoms with Crippen molar-refractivity contribution in [1.82, 2.24) is 9.80 Å². The Morgan fingerprint density at radius 3 is 2.41 bits per heavy atom. The fourth-order valence-corrected chi connectivity index (χ4v) is 5.09. The Hall–Kier alpha value is -3.05. The van der Waals surface area contributed by atoms with Crippen molar-refractivity contribution in [3.05, 3.63) is 78.1 Å². The number of hydrogen-bond acceptors (Lipinski definition) is 4. The number of furan rings is 1. The number of piperidine rings is 1. The van der Waals surface area contributed by atoms with Gasteiger partial charge in [-0.25, -0.2) is 0 Å². The summed E-state index contributed by atoms with van der Waals surface area (Å²) in [5.41, 5.74) is 4.44. The van der Waals surface area contributed by atoms with Gasteiger partial charge < -0.3 is 14.2 Å². The molecule has 1 unspecified atom stereocenters. The molecule has 5 rings (SSSR count). The first-order valence-corrected chi connectivity index (χ1v) is 11.7. The molecule has 0 bridgehead atoms. The third-order valence-electron chi connectivity index (χ3n) is 6.91. The molecule has 0 aliphatic carbocycles. The molecule has 2 aliphatic heterocycles. The Morgan fingerprint density at radius 2 is 1.69 bits per heavy atom. The predicted molar refractivity (Wildman–Crippen MR) is 128 cm³/mol. The number of para-hydroxylation sites is 1. The van der Waals surface area contributed by atoms with E-state index in [1.165, 1.54) is 17.7 Å². The van der Waals surface area contributed by atoms with Crippen molar-refractivity contribution in [2.24, 2.45) is 0 Å². The molecular weight excluding hydrogens is 398 g/mol. The average molecular weight is 430 g/mol. The molecular formula is C27H31N3O2. The van der Waals surface area contributed by atoms with Gasteiger partial charge in [0.25, 0.3) is 5.91 Å². The molecule has 5 heteroatoms. The highest BCUT2D eigenvalue weighted by Crippen LogP contribution is 2.25. The smallest absolute Gasteiger partial charge is 0.253 e. The van der Waals surface area contributed by atoms with Gasteiger partial charge in [0.1, 0.15) is 5.76 Å². The van der Waals surface area contributed by atoms with Crippen LogP contribution in [0.2, 0.25) is 0 Å². The fourth-order valence-electron chi connectivity index (χ4n) is 5.09. The van der Waals surface area contributed by atoms with Gasteiger partial charge in [-0.2, -0.15) is 0 Å². The lowest BCUT2D eigenvalue weighted by Gasteiger charge is -2.44. The zero-order valence-corrected chi connectivity index (χ0v) is 18.7. The molecule has 2 saturated heterocycles. The van der Waals surface area contributed by atoms with Crippen molar-refractivity contribution in [3.63, 3.8) is 0 Å². The number of amides is 1. The Bertz CT molecular complexity index is 1040. The summed E-state index contributed by atoms with van der Waals surface area (Å²) in [7, 11) is 0. The first-order chi connectivity index (χ1) is 15.7. The standard InChI is InChI=1S/C27H31N3O2/c1-21-6-2-3-8-25(21)29-17-15-28(16-18-29)24-7-4-14-30(20-24)27(31)23-12-10-22(11-13-23)26-9-5-19-32-26/h2-3,5-6,8-13,19,24H,4,7,14-18,20H2,1H3. The molecule has 2 aromatic carbocycles. The molecule has 2 fully saturated rings. The van der Waals surface area contributed by atoms with Crippen LogP contribution in [-0.2, 0) is 0 Å². The summed E-state index contributed by atoms with van der Waals surface area (Å²) in [4.78, 5) is 20.3. The van der Waals surface area contributed by atoms with Crippen LogP contribution in [-0.4, -0.2) is 61.0 Å². The monoisotopic (exact) mass is 429 g/mol. The van der Waals surface area contributed by atoms with Crippen molar-refractivity contribution in [1.29, 1.82) is 0 Å². The largest absolute Gasteiger partial charge is 0.464 e. The normalized spacial score (nSPS) is 19.8. The molecule has 3 heterocycles. The van der Waals surface area contributed by atoms with Crippen LogP contribution in [0.3, 0.4) is 0 Å². The molecule has 5 nitrogen and oxygen atoms in total. The summed E-state index contributed by atoms with van der Waals surface area (Å²) in [6.45, 7) is 8.06. The second-order valence-electron chi connectivity index (χ2n) is 8.91. The van der Waals surface area contributed by atoms with Crippen molar-refractivity contribution in [2.45, 2.75) is 25.8 Å². The number of carbonyl (C=O) groups is 1. The van der Waals surface area contributed by atoms with Gasteiger partial charge in [-0.1, -0.05) is 30.3 Å². The average Bonchev–Trinajstić information content (AvgIpc) is 3.39. The van der Waals surface area contributed by atoms with Gasteiger partial charge in [0.15, 0.2) is 0 Å². The zero-order valence-electron chi connectivity index (χ0n) is 18.7. The van der Waals surface area contributed by atoms with E-state index in [0.29, 0.717) is 6.04 Å². The SMILES string of the molecule is Cc1ccccc1N1CCN(C2CCCN(C(=O)c3ccc(-c4ccco4)cc3)C2)CC1. The number of aryl methyl sites for hydroxylation is 1. The Balaban J connectivity index is 1.19. The first-order valence-electron chi connectivity index (χ1n) is 11.7. The number of rotatable bonds is 4. The Labute approximate surface area is 190 Å². The van der Waals surface area contributed by atoms with E-state index >= 15 is 0 Å². The number of piperazine rings is 1. The Morgan fingerprint density at radius 1 is 0.906 bits per heavy atom. The molecule has 3 aromatic rings. The third-order valence-corrected chi connectivity index (χ3v) is 6.91. The lowest BCUT2D eigenvalue weighted by Crippen LogP contribution is -2.56. The van der Waals surface area contributed by atoms with Gasteiger partial charge in [-0.15, -0.1) is 0 Å². The number of hydrogen-bond donors (Lipinski definition) is 0. The van der Waals surface area contributed by atoms with Crippen molar-refractivity contribution >= 4 is 11.6 Å². The van der Waals surface area contributed by atoms with Crippen LogP contribution in [0.15, 0.2) is 71.3 Å². The van der Waals surface area contributed by atoms with E-state index in [4.69, 9.17) is 4.42 Å². The van der Waals surface area contributed by atoms with Crippen molar-refractivity contribution in [2.75, 3.05) is 44.2 Å². The fraction of sp³-hybridized carbons (Fsp3) is 0.370. The summed E-state index contributed by atoms with van der Waals surface area (Å²) in [5, 5.41) is 0. The van der Waals surface area contributed by atoms with E-state index in [-0.39, 0.29) is 5.91 Å². The molecule has 0 saturated carbocycles. The van der Waals surface area contributed by atoms with Gasteiger partial charge >= 0.3 is 0 Å². The van der Waals surface area contributed by atoms with Gasteiger partial charge in [-0.05, 0) is 55.7 Å². The topological polar surface area (TPSA) is 39.9 Å². The maximum absolute atomic E-state index is 13.2. The van der Waals surface area contributed by atoms with Gasteiger partial charge in [0.05, 0.1) is 6.26 Å². The minimum Gasteiger partial charge on any atom is -0.464 e. The molecule has 1 amide bonds. The van der Waals surface area contributed by atoms with Crippen LogP contribution in [0.1, 0.15) is 28.8 Å². The van der Waals surface area contributed by atoms with E-state index in [1.807, 2.05) is 41.3 Å². The van der Waals surface area contributed by atoms with Gasteiger partial charge in [0.2, 0.25) is 0 Å². The van der Waals surface area contributed by atoms with E-state index < -0.39 is 0 Å². The van der Waals surface area contributed by atoms with Gasteiger partial charge in [-0.3, -0.25) is 9.69 Å². The summed E-state index contributed by atoms with van der Waals surface area (Å²) < 4.78 is 5.46. The minimum absolute atomic E-state index is 0.138. The summed E-state index contributed by atoms with van der Waals surface area (Å²) in [6.07, 6.45) is 3.91. The number of anilines is 1. The minimum atomic E-state index is 0.138. The quantitative estimate of drug-likeness (QED) is 0.604. The van der Waals surface area contributed by atoms with Crippen molar-refractivity contribution < 1.29 is 9.21 Å². The number of carbonyl (C=O) groups excluding carboxylic acids is 1. The summed E-state index contributed by atoms with van der Waals surface area (Å²) in [5.74, 6) is 0.964. The molecule has 0 spiro atoms. The van der Waals surface area contributed by atoms with E-state index in [1.54, 1.807) is 6.26 Å². The van der Waals surface area contributed by atoms with Crippen molar-refractivity contribution in [3.8, 4) is 11.3 Å².